The summed E-state index contributed by atoms with van der Waals surface area (Å²) in [6.07, 6.45) is 6.93. The van der Waals surface area contributed by atoms with E-state index in [1.807, 2.05) is 17.9 Å². The molecule has 2 rings (SSSR count). The minimum Gasteiger partial charge on any atom is -0.330 e. The lowest BCUT2D eigenvalue weighted by Gasteiger charge is -2.27. The number of aromatic nitrogens is 2. The van der Waals surface area contributed by atoms with Crippen LogP contribution in [0.5, 0.6) is 0 Å². The highest BCUT2D eigenvalue weighted by Gasteiger charge is 2.36. The number of nitrogens with zero attached hydrogens (tertiary/aromatic N) is 2. The van der Waals surface area contributed by atoms with E-state index in [-0.39, 0.29) is 5.41 Å². The van der Waals surface area contributed by atoms with Gasteiger partial charge in [0.1, 0.15) is 0 Å². The molecule has 1 saturated carbocycles. The third-order valence-corrected chi connectivity index (χ3v) is 3.32. The van der Waals surface area contributed by atoms with Crippen LogP contribution in [0.1, 0.15) is 31.4 Å². The molecule has 0 saturated heterocycles. The molecule has 0 unspecified atom stereocenters. The summed E-state index contributed by atoms with van der Waals surface area (Å²) < 4.78 is 1.97. The van der Waals surface area contributed by atoms with Crippen molar-refractivity contribution in [3.05, 3.63) is 18.0 Å². The Labute approximate surface area is 78.9 Å². The smallest absolute Gasteiger partial charge is 0.0492 e. The van der Waals surface area contributed by atoms with Gasteiger partial charge in [0, 0.05) is 30.9 Å². The SMILES string of the molecule is Cn1nccc1C1(CN)CCCC1. The molecule has 1 aliphatic rings. The largest absolute Gasteiger partial charge is 0.330 e. The van der Waals surface area contributed by atoms with Crippen LogP contribution in [-0.2, 0) is 12.5 Å². The quantitative estimate of drug-likeness (QED) is 0.741. The molecule has 0 aromatic carbocycles. The molecule has 13 heavy (non-hydrogen) atoms. The predicted molar refractivity (Wildman–Crippen MR) is 52.4 cm³/mol. The monoisotopic (exact) mass is 179 g/mol. The van der Waals surface area contributed by atoms with Crippen LogP contribution in [0, 0.1) is 0 Å². The Kier molecular flexibility index (Phi) is 2.12. The van der Waals surface area contributed by atoms with E-state index in [1.54, 1.807) is 0 Å². The topological polar surface area (TPSA) is 43.8 Å². The normalized spacial score (nSPS) is 20.8. The van der Waals surface area contributed by atoms with Gasteiger partial charge in [-0.3, -0.25) is 4.68 Å². The zero-order valence-corrected chi connectivity index (χ0v) is 8.16. The van der Waals surface area contributed by atoms with Crippen molar-refractivity contribution in [3.8, 4) is 0 Å². The molecular formula is C10H17N3. The summed E-state index contributed by atoms with van der Waals surface area (Å²) in [6.45, 7) is 0.756. The summed E-state index contributed by atoms with van der Waals surface area (Å²) >= 11 is 0. The van der Waals surface area contributed by atoms with Gasteiger partial charge in [-0.2, -0.15) is 5.10 Å². The Morgan fingerprint density at radius 1 is 1.54 bits per heavy atom. The van der Waals surface area contributed by atoms with Crippen molar-refractivity contribution in [1.82, 2.24) is 9.78 Å². The van der Waals surface area contributed by atoms with Crippen molar-refractivity contribution in [2.75, 3.05) is 6.54 Å². The summed E-state index contributed by atoms with van der Waals surface area (Å²) in [6, 6.07) is 2.11. The second kappa shape index (κ2) is 3.14. The maximum Gasteiger partial charge on any atom is 0.0492 e. The lowest BCUT2D eigenvalue weighted by atomic mass is 9.83. The lowest BCUT2D eigenvalue weighted by Crippen LogP contribution is -2.34. The highest BCUT2D eigenvalue weighted by molar-refractivity contribution is 5.18. The van der Waals surface area contributed by atoms with E-state index in [4.69, 9.17) is 5.73 Å². The first kappa shape index (κ1) is 8.75. The molecule has 1 fully saturated rings. The molecule has 3 nitrogen and oxygen atoms in total. The van der Waals surface area contributed by atoms with E-state index >= 15 is 0 Å². The Balaban J connectivity index is 2.36. The molecule has 0 aliphatic heterocycles. The van der Waals surface area contributed by atoms with Crippen LogP contribution in [0.3, 0.4) is 0 Å². The third-order valence-electron chi connectivity index (χ3n) is 3.32. The van der Waals surface area contributed by atoms with Gasteiger partial charge in [0.15, 0.2) is 0 Å². The molecule has 1 aliphatic carbocycles. The summed E-state index contributed by atoms with van der Waals surface area (Å²) in [5, 5.41) is 4.22. The average Bonchev–Trinajstić information content (AvgIpc) is 2.73. The molecular weight excluding hydrogens is 162 g/mol. The van der Waals surface area contributed by atoms with Crippen LogP contribution >= 0.6 is 0 Å². The molecule has 0 radical (unpaired) electrons. The molecule has 0 amide bonds. The molecule has 1 aromatic rings. The highest BCUT2D eigenvalue weighted by atomic mass is 15.3. The van der Waals surface area contributed by atoms with Gasteiger partial charge < -0.3 is 5.73 Å². The van der Waals surface area contributed by atoms with E-state index in [1.165, 1.54) is 31.4 Å². The van der Waals surface area contributed by atoms with Crippen LogP contribution in [0.25, 0.3) is 0 Å². The summed E-state index contributed by atoms with van der Waals surface area (Å²) in [7, 11) is 2.01. The van der Waals surface area contributed by atoms with Crippen LogP contribution in [0.4, 0.5) is 0 Å². The van der Waals surface area contributed by atoms with Crippen molar-refractivity contribution in [2.45, 2.75) is 31.1 Å². The summed E-state index contributed by atoms with van der Waals surface area (Å²) in [5.41, 5.74) is 7.43. The van der Waals surface area contributed by atoms with Gasteiger partial charge in [0.25, 0.3) is 0 Å². The zero-order valence-electron chi connectivity index (χ0n) is 8.16. The standard InChI is InChI=1S/C10H17N3/c1-13-9(4-7-12-13)10(8-11)5-2-3-6-10/h4,7H,2-3,5-6,8,11H2,1H3. The fourth-order valence-electron chi connectivity index (χ4n) is 2.51. The van der Waals surface area contributed by atoms with Crippen LogP contribution in [-0.4, -0.2) is 16.3 Å². The maximum absolute atomic E-state index is 5.89. The Hall–Kier alpha value is -0.830. The number of rotatable bonds is 2. The van der Waals surface area contributed by atoms with E-state index < -0.39 is 0 Å². The number of nitrogens with two attached hydrogens (primary N) is 1. The van der Waals surface area contributed by atoms with E-state index in [2.05, 4.69) is 11.2 Å². The second-order valence-electron chi connectivity index (χ2n) is 4.03. The fraction of sp³-hybridized carbons (Fsp3) is 0.700. The van der Waals surface area contributed by atoms with Crippen molar-refractivity contribution in [1.29, 1.82) is 0 Å². The summed E-state index contributed by atoms with van der Waals surface area (Å²) in [5.74, 6) is 0. The van der Waals surface area contributed by atoms with Gasteiger partial charge in [0.2, 0.25) is 0 Å². The molecule has 2 N–H and O–H groups in total. The summed E-state index contributed by atoms with van der Waals surface area (Å²) in [4.78, 5) is 0. The van der Waals surface area contributed by atoms with E-state index in [9.17, 15) is 0 Å². The van der Waals surface area contributed by atoms with Gasteiger partial charge in [-0.25, -0.2) is 0 Å². The van der Waals surface area contributed by atoms with Gasteiger partial charge in [-0.15, -0.1) is 0 Å². The molecule has 1 aromatic heterocycles. The number of hydrogen-bond donors (Lipinski definition) is 1. The molecule has 0 atom stereocenters. The van der Waals surface area contributed by atoms with Gasteiger partial charge >= 0.3 is 0 Å². The molecule has 0 spiro atoms. The van der Waals surface area contributed by atoms with Crippen molar-refractivity contribution in [3.63, 3.8) is 0 Å². The Morgan fingerprint density at radius 2 is 2.23 bits per heavy atom. The van der Waals surface area contributed by atoms with Crippen molar-refractivity contribution in [2.24, 2.45) is 12.8 Å². The molecule has 72 valence electrons. The minimum absolute atomic E-state index is 0.227. The lowest BCUT2D eigenvalue weighted by molar-refractivity contribution is 0.417. The Bertz CT molecular complexity index is 284. The van der Waals surface area contributed by atoms with Gasteiger partial charge in [-0.05, 0) is 18.9 Å². The first-order valence-electron chi connectivity index (χ1n) is 4.97. The van der Waals surface area contributed by atoms with Gasteiger partial charge in [-0.1, -0.05) is 12.8 Å². The fourth-order valence-corrected chi connectivity index (χ4v) is 2.51. The van der Waals surface area contributed by atoms with Crippen LogP contribution in [0.15, 0.2) is 12.3 Å². The average molecular weight is 179 g/mol. The first-order chi connectivity index (χ1) is 6.28. The predicted octanol–water partition coefficient (Wildman–Crippen LogP) is 1.19. The van der Waals surface area contributed by atoms with E-state index in [0.717, 1.165) is 6.54 Å². The minimum atomic E-state index is 0.227. The molecule has 1 heterocycles. The number of aryl methyl sites for hydroxylation is 1. The van der Waals surface area contributed by atoms with Crippen molar-refractivity contribution < 1.29 is 0 Å². The number of hydrogen-bond acceptors (Lipinski definition) is 2. The van der Waals surface area contributed by atoms with Gasteiger partial charge in [0.05, 0.1) is 0 Å². The zero-order chi connectivity index (χ0) is 9.31. The van der Waals surface area contributed by atoms with E-state index in [0.29, 0.717) is 0 Å². The van der Waals surface area contributed by atoms with Crippen LogP contribution < -0.4 is 5.73 Å². The Morgan fingerprint density at radius 3 is 2.69 bits per heavy atom. The second-order valence-corrected chi connectivity index (χ2v) is 4.03. The van der Waals surface area contributed by atoms with Crippen LogP contribution in [0.2, 0.25) is 0 Å². The molecule has 3 heteroatoms. The molecule has 0 bridgehead atoms. The highest BCUT2D eigenvalue weighted by Crippen LogP contribution is 2.39. The first-order valence-corrected chi connectivity index (χ1v) is 4.97. The third kappa shape index (κ3) is 1.27. The van der Waals surface area contributed by atoms with Crippen molar-refractivity contribution >= 4 is 0 Å². The maximum atomic E-state index is 5.89.